The average Bonchev–Trinajstić information content (AvgIpc) is 2.67. The number of phenolic OH excluding ortho intramolecular Hbond substituents is 1. The normalized spacial score (nSPS) is 10.6. The summed E-state index contributed by atoms with van der Waals surface area (Å²) in [5, 5.41) is 12.9. The Balaban J connectivity index is 1.87. The van der Waals surface area contributed by atoms with E-state index < -0.39 is 0 Å². The molecule has 2 aromatic rings. The second-order valence-electron chi connectivity index (χ2n) is 3.44. The lowest BCUT2D eigenvalue weighted by Crippen LogP contribution is -2.11. The first kappa shape index (κ1) is 11.6. The van der Waals surface area contributed by atoms with Crippen LogP contribution in [0.2, 0.25) is 0 Å². The number of phenols is 1. The SMILES string of the molecule is Oc1ccccc1CNCc1ccc(Br)s1. The van der Waals surface area contributed by atoms with Crippen LogP contribution in [0.25, 0.3) is 0 Å². The summed E-state index contributed by atoms with van der Waals surface area (Å²) >= 11 is 5.15. The van der Waals surface area contributed by atoms with Crippen molar-refractivity contribution < 1.29 is 5.11 Å². The minimum atomic E-state index is 0.349. The van der Waals surface area contributed by atoms with E-state index in [4.69, 9.17) is 0 Å². The van der Waals surface area contributed by atoms with Crippen molar-refractivity contribution in [3.8, 4) is 5.75 Å². The molecule has 0 atom stereocenters. The van der Waals surface area contributed by atoms with E-state index in [-0.39, 0.29) is 0 Å². The van der Waals surface area contributed by atoms with Gasteiger partial charge in [0.25, 0.3) is 0 Å². The van der Waals surface area contributed by atoms with Gasteiger partial charge < -0.3 is 10.4 Å². The summed E-state index contributed by atoms with van der Waals surface area (Å²) in [7, 11) is 0. The number of hydrogen-bond donors (Lipinski definition) is 2. The third-order valence-corrected chi connectivity index (χ3v) is 3.86. The van der Waals surface area contributed by atoms with E-state index in [0.29, 0.717) is 12.3 Å². The topological polar surface area (TPSA) is 32.3 Å². The van der Waals surface area contributed by atoms with Gasteiger partial charge >= 0.3 is 0 Å². The van der Waals surface area contributed by atoms with Crippen LogP contribution < -0.4 is 5.32 Å². The highest BCUT2D eigenvalue weighted by Crippen LogP contribution is 2.22. The highest BCUT2D eigenvalue weighted by Gasteiger charge is 2.00. The van der Waals surface area contributed by atoms with Crippen LogP contribution in [-0.4, -0.2) is 5.11 Å². The number of halogens is 1. The molecule has 0 amide bonds. The van der Waals surface area contributed by atoms with Crippen LogP contribution in [0, 0.1) is 0 Å². The van der Waals surface area contributed by atoms with Gasteiger partial charge in [-0.25, -0.2) is 0 Å². The van der Waals surface area contributed by atoms with E-state index in [2.05, 4.69) is 27.3 Å². The summed E-state index contributed by atoms with van der Waals surface area (Å²) in [5.74, 6) is 0.349. The lowest BCUT2D eigenvalue weighted by Gasteiger charge is -2.05. The third-order valence-electron chi connectivity index (χ3n) is 2.24. The molecule has 16 heavy (non-hydrogen) atoms. The van der Waals surface area contributed by atoms with Crippen LogP contribution in [0.15, 0.2) is 40.2 Å². The summed E-state index contributed by atoms with van der Waals surface area (Å²) in [6, 6.07) is 11.5. The van der Waals surface area contributed by atoms with Crippen molar-refractivity contribution in [3.63, 3.8) is 0 Å². The first-order chi connectivity index (χ1) is 7.75. The molecular formula is C12H12BrNOS. The summed E-state index contributed by atoms with van der Waals surface area (Å²) in [4.78, 5) is 1.28. The molecule has 2 N–H and O–H groups in total. The summed E-state index contributed by atoms with van der Waals surface area (Å²) in [6.45, 7) is 1.51. The second-order valence-corrected chi connectivity index (χ2v) is 5.99. The monoisotopic (exact) mass is 297 g/mol. The Morgan fingerprint density at radius 2 is 1.94 bits per heavy atom. The van der Waals surface area contributed by atoms with Crippen molar-refractivity contribution in [2.75, 3.05) is 0 Å². The molecule has 0 aliphatic heterocycles. The fourth-order valence-corrected chi connectivity index (χ4v) is 2.88. The molecule has 0 aliphatic carbocycles. The molecule has 0 saturated carbocycles. The fraction of sp³-hybridized carbons (Fsp3) is 0.167. The molecule has 1 heterocycles. The van der Waals surface area contributed by atoms with Crippen LogP contribution in [0.1, 0.15) is 10.4 Å². The van der Waals surface area contributed by atoms with Crippen molar-refractivity contribution in [1.82, 2.24) is 5.32 Å². The molecule has 0 radical (unpaired) electrons. The molecular weight excluding hydrogens is 286 g/mol. The molecule has 0 bridgehead atoms. The maximum absolute atomic E-state index is 9.57. The third kappa shape index (κ3) is 3.07. The fourth-order valence-electron chi connectivity index (χ4n) is 1.43. The summed E-state index contributed by atoms with van der Waals surface area (Å²) < 4.78 is 1.15. The standard InChI is InChI=1S/C12H12BrNOS/c13-12-6-5-10(16-12)8-14-7-9-3-1-2-4-11(9)15/h1-6,14-15H,7-8H2. The zero-order valence-electron chi connectivity index (χ0n) is 8.61. The Kier molecular flexibility index (Phi) is 3.98. The number of benzene rings is 1. The van der Waals surface area contributed by atoms with E-state index in [9.17, 15) is 5.11 Å². The Bertz CT molecular complexity index is 470. The molecule has 0 aliphatic rings. The van der Waals surface area contributed by atoms with E-state index in [1.165, 1.54) is 4.88 Å². The van der Waals surface area contributed by atoms with Gasteiger partial charge in [-0.05, 0) is 34.1 Å². The van der Waals surface area contributed by atoms with E-state index in [1.807, 2.05) is 24.3 Å². The first-order valence-corrected chi connectivity index (χ1v) is 6.58. The lowest BCUT2D eigenvalue weighted by atomic mass is 10.2. The van der Waals surface area contributed by atoms with Gasteiger partial charge in [0.2, 0.25) is 0 Å². The molecule has 0 unspecified atom stereocenters. The maximum Gasteiger partial charge on any atom is 0.120 e. The predicted molar refractivity (Wildman–Crippen MR) is 70.7 cm³/mol. The van der Waals surface area contributed by atoms with Crippen LogP contribution in [0.5, 0.6) is 5.75 Å². The molecule has 1 aromatic carbocycles. The largest absolute Gasteiger partial charge is 0.508 e. The van der Waals surface area contributed by atoms with Gasteiger partial charge in [0, 0.05) is 23.5 Å². The van der Waals surface area contributed by atoms with E-state index in [1.54, 1.807) is 17.4 Å². The van der Waals surface area contributed by atoms with Gasteiger partial charge in [-0.3, -0.25) is 0 Å². The van der Waals surface area contributed by atoms with Crippen LogP contribution >= 0.6 is 27.3 Å². The number of nitrogens with one attached hydrogen (secondary N) is 1. The number of aromatic hydroxyl groups is 1. The number of hydrogen-bond acceptors (Lipinski definition) is 3. The van der Waals surface area contributed by atoms with E-state index >= 15 is 0 Å². The van der Waals surface area contributed by atoms with Crippen molar-refractivity contribution in [1.29, 1.82) is 0 Å². The van der Waals surface area contributed by atoms with Crippen molar-refractivity contribution >= 4 is 27.3 Å². The Morgan fingerprint density at radius 1 is 1.12 bits per heavy atom. The van der Waals surface area contributed by atoms with Crippen LogP contribution in [0.3, 0.4) is 0 Å². The minimum Gasteiger partial charge on any atom is -0.508 e. The number of rotatable bonds is 4. The number of thiophene rings is 1. The molecule has 0 saturated heterocycles. The average molecular weight is 298 g/mol. The predicted octanol–water partition coefficient (Wildman–Crippen LogP) is 3.51. The Morgan fingerprint density at radius 3 is 2.62 bits per heavy atom. The van der Waals surface area contributed by atoms with Gasteiger partial charge in [0.05, 0.1) is 3.79 Å². The van der Waals surface area contributed by atoms with Gasteiger partial charge in [-0.1, -0.05) is 18.2 Å². The van der Waals surface area contributed by atoms with E-state index in [0.717, 1.165) is 15.9 Å². The molecule has 2 nitrogen and oxygen atoms in total. The quantitative estimate of drug-likeness (QED) is 0.905. The highest BCUT2D eigenvalue weighted by atomic mass is 79.9. The van der Waals surface area contributed by atoms with Crippen molar-refractivity contribution in [3.05, 3.63) is 50.6 Å². The smallest absolute Gasteiger partial charge is 0.120 e. The molecule has 2 rings (SSSR count). The summed E-state index contributed by atoms with van der Waals surface area (Å²) in [6.07, 6.45) is 0. The van der Waals surface area contributed by atoms with Crippen molar-refractivity contribution in [2.45, 2.75) is 13.1 Å². The second kappa shape index (κ2) is 5.48. The molecule has 0 fully saturated rings. The molecule has 84 valence electrons. The highest BCUT2D eigenvalue weighted by molar-refractivity contribution is 9.11. The van der Waals surface area contributed by atoms with Crippen molar-refractivity contribution in [2.24, 2.45) is 0 Å². The number of para-hydroxylation sites is 1. The van der Waals surface area contributed by atoms with Gasteiger partial charge in [-0.15, -0.1) is 11.3 Å². The van der Waals surface area contributed by atoms with Crippen LogP contribution in [-0.2, 0) is 13.1 Å². The Hall–Kier alpha value is -0.840. The van der Waals surface area contributed by atoms with Gasteiger partial charge in [0.15, 0.2) is 0 Å². The zero-order chi connectivity index (χ0) is 11.4. The minimum absolute atomic E-state index is 0.349. The zero-order valence-corrected chi connectivity index (χ0v) is 11.0. The Labute approximate surface area is 107 Å². The maximum atomic E-state index is 9.57. The molecule has 0 spiro atoms. The van der Waals surface area contributed by atoms with Gasteiger partial charge in [0.1, 0.15) is 5.75 Å². The molecule has 1 aromatic heterocycles. The molecule has 4 heteroatoms. The summed E-state index contributed by atoms with van der Waals surface area (Å²) in [5.41, 5.74) is 0.929. The van der Waals surface area contributed by atoms with Crippen LogP contribution in [0.4, 0.5) is 0 Å². The first-order valence-electron chi connectivity index (χ1n) is 4.97. The lowest BCUT2D eigenvalue weighted by molar-refractivity contribution is 0.464. The van der Waals surface area contributed by atoms with Gasteiger partial charge in [-0.2, -0.15) is 0 Å².